The maximum atomic E-state index is 12.4. The molecule has 1 N–H and O–H groups in total. The summed E-state index contributed by atoms with van der Waals surface area (Å²) in [7, 11) is 1.79. The summed E-state index contributed by atoms with van der Waals surface area (Å²) in [6.45, 7) is 14.1. The minimum Gasteiger partial charge on any atom is -0.337 e. The number of anilines is 1. The van der Waals surface area contributed by atoms with Gasteiger partial charge in [0.2, 0.25) is 0 Å². The number of nitrogens with zero attached hydrogens (tertiary/aromatic N) is 2. The van der Waals surface area contributed by atoms with Crippen LogP contribution in [0.3, 0.4) is 0 Å². The average Bonchev–Trinajstić information content (AvgIpc) is 2.54. The summed E-state index contributed by atoms with van der Waals surface area (Å²) in [6, 6.07) is 5.95. The van der Waals surface area contributed by atoms with Crippen LogP contribution in [0.1, 0.15) is 72.4 Å². The smallest absolute Gasteiger partial charge is 0.322 e. The zero-order valence-corrected chi connectivity index (χ0v) is 17.0. The molecule has 1 aromatic heterocycles. The van der Waals surface area contributed by atoms with Crippen molar-refractivity contribution in [2.75, 3.05) is 18.5 Å². The van der Waals surface area contributed by atoms with Gasteiger partial charge in [0, 0.05) is 25.2 Å². The zero-order valence-electron chi connectivity index (χ0n) is 17.0. The summed E-state index contributed by atoms with van der Waals surface area (Å²) in [5.74, 6) is 1.90. The lowest BCUT2D eigenvalue weighted by molar-refractivity contribution is 0.137. The molecule has 140 valence electrons. The van der Waals surface area contributed by atoms with Gasteiger partial charge in [0.15, 0.2) is 0 Å². The quantitative estimate of drug-likeness (QED) is 0.818. The van der Waals surface area contributed by atoms with Gasteiger partial charge >= 0.3 is 6.03 Å². The molecule has 0 bridgehead atoms. The molecule has 25 heavy (non-hydrogen) atoms. The molecule has 1 aliphatic rings. The third-order valence-corrected chi connectivity index (χ3v) is 5.70. The first-order chi connectivity index (χ1) is 11.5. The molecule has 4 heteroatoms. The Morgan fingerprint density at radius 3 is 2.64 bits per heavy atom. The largest absolute Gasteiger partial charge is 0.337 e. The highest BCUT2D eigenvalue weighted by Gasteiger charge is 2.34. The normalized spacial score (nSPS) is 23.2. The Kier molecular flexibility index (Phi) is 5.80. The van der Waals surface area contributed by atoms with Gasteiger partial charge in [-0.2, -0.15) is 0 Å². The van der Waals surface area contributed by atoms with E-state index in [1.165, 1.54) is 19.3 Å². The van der Waals surface area contributed by atoms with Crippen LogP contribution in [0.2, 0.25) is 0 Å². The summed E-state index contributed by atoms with van der Waals surface area (Å²) in [5.41, 5.74) is 1.60. The maximum Gasteiger partial charge on any atom is 0.322 e. The fourth-order valence-electron chi connectivity index (χ4n) is 3.34. The van der Waals surface area contributed by atoms with Gasteiger partial charge in [-0.05, 0) is 48.1 Å². The molecule has 0 aliphatic heterocycles. The van der Waals surface area contributed by atoms with Crippen molar-refractivity contribution in [3.63, 3.8) is 0 Å². The van der Waals surface area contributed by atoms with E-state index in [1.54, 1.807) is 11.9 Å². The van der Waals surface area contributed by atoms with Crippen molar-refractivity contribution in [3.05, 3.63) is 23.9 Å². The number of carbonyl (C=O) groups excluding carboxylic acids is 1. The van der Waals surface area contributed by atoms with E-state index in [9.17, 15) is 4.79 Å². The Bertz CT molecular complexity index is 603. The molecule has 1 aromatic rings. The minimum absolute atomic E-state index is 0.0663. The number of nitrogens with one attached hydrogen (secondary N) is 1. The second-order valence-corrected chi connectivity index (χ2v) is 9.56. The Labute approximate surface area is 153 Å². The third kappa shape index (κ3) is 5.20. The Balaban J connectivity index is 2.07. The van der Waals surface area contributed by atoms with Crippen molar-refractivity contribution in [3.8, 4) is 0 Å². The highest BCUT2D eigenvalue weighted by atomic mass is 16.2. The van der Waals surface area contributed by atoms with Crippen LogP contribution in [0.25, 0.3) is 0 Å². The van der Waals surface area contributed by atoms with Crippen LogP contribution in [0, 0.1) is 16.7 Å². The first-order valence-corrected chi connectivity index (χ1v) is 9.48. The summed E-state index contributed by atoms with van der Waals surface area (Å²) < 4.78 is 0. The van der Waals surface area contributed by atoms with E-state index in [2.05, 4.69) is 52.9 Å². The standard InChI is InChI=1S/C21H35N3O/c1-15-13-16(11-12-21(15,5)6)17-9-8-10-18(23-17)24(7)19(25)22-14-20(2,3)4/h8-10,15-16H,11-14H2,1-7H3,(H,22,25). The van der Waals surface area contributed by atoms with E-state index in [0.717, 1.165) is 11.5 Å². The molecule has 0 radical (unpaired) electrons. The van der Waals surface area contributed by atoms with E-state index in [4.69, 9.17) is 4.98 Å². The number of aromatic nitrogens is 1. The number of hydrogen-bond donors (Lipinski definition) is 1. The van der Waals surface area contributed by atoms with Gasteiger partial charge in [-0.1, -0.05) is 47.6 Å². The Hall–Kier alpha value is -1.58. The maximum absolute atomic E-state index is 12.4. The first-order valence-electron chi connectivity index (χ1n) is 9.48. The van der Waals surface area contributed by atoms with Gasteiger partial charge in [-0.25, -0.2) is 9.78 Å². The van der Waals surface area contributed by atoms with Crippen molar-refractivity contribution < 1.29 is 4.79 Å². The van der Waals surface area contributed by atoms with Crippen LogP contribution in [0.4, 0.5) is 10.6 Å². The van der Waals surface area contributed by atoms with Gasteiger partial charge in [-0.15, -0.1) is 0 Å². The van der Waals surface area contributed by atoms with E-state index >= 15 is 0 Å². The van der Waals surface area contributed by atoms with Gasteiger partial charge in [0.05, 0.1) is 0 Å². The van der Waals surface area contributed by atoms with Crippen molar-refractivity contribution in [1.29, 1.82) is 0 Å². The average molecular weight is 346 g/mol. The molecule has 0 spiro atoms. The van der Waals surface area contributed by atoms with Crippen LogP contribution in [0.15, 0.2) is 18.2 Å². The van der Waals surface area contributed by atoms with Crippen LogP contribution >= 0.6 is 0 Å². The van der Waals surface area contributed by atoms with Crippen LogP contribution in [0.5, 0.6) is 0 Å². The van der Waals surface area contributed by atoms with Crippen molar-refractivity contribution >= 4 is 11.8 Å². The fourth-order valence-corrected chi connectivity index (χ4v) is 3.34. The molecule has 1 saturated carbocycles. The lowest BCUT2D eigenvalue weighted by Gasteiger charge is -2.40. The van der Waals surface area contributed by atoms with Crippen molar-refractivity contribution in [2.24, 2.45) is 16.7 Å². The highest BCUT2D eigenvalue weighted by Crippen LogP contribution is 2.46. The van der Waals surface area contributed by atoms with E-state index in [0.29, 0.717) is 23.8 Å². The van der Waals surface area contributed by atoms with E-state index < -0.39 is 0 Å². The van der Waals surface area contributed by atoms with Crippen LogP contribution in [-0.4, -0.2) is 24.6 Å². The molecule has 4 nitrogen and oxygen atoms in total. The monoisotopic (exact) mass is 345 g/mol. The number of pyridine rings is 1. The molecule has 2 unspecified atom stereocenters. The summed E-state index contributed by atoms with van der Waals surface area (Å²) >= 11 is 0. The second-order valence-electron chi connectivity index (χ2n) is 9.56. The third-order valence-electron chi connectivity index (χ3n) is 5.70. The molecule has 2 atom stereocenters. The van der Waals surface area contributed by atoms with E-state index in [1.807, 2.05) is 12.1 Å². The highest BCUT2D eigenvalue weighted by molar-refractivity contribution is 5.90. The number of carbonyl (C=O) groups is 1. The van der Waals surface area contributed by atoms with Gasteiger partial charge in [0.1, 0.15) is 5.82 Å². The summed E-state index contributed by atoms with van der Waals surface area (Å²) in [4.78, 5) is 18.8. The fraction of sp³-hybridized carbons (Fsp3) is 0.714. The predicted octanol–water partition coefficient (Wildman–Crippen LogP) is 5.20. The molecule has 2 rings (SSSR count). The van der Waals surface area contributed by atoms with Gasteiger partial charge in [-0.3, -0.25) is 4.90 Å². The Morgan fingerprint density at radius 2 is 2.04 bits per heavy atom. The molecular weight excluding hydrogens is 310 g/mol. The van der Waals surface area contributed by atoms with Gasteiger partial charge < -0.3 is 5.32 Å². The van der Waals surface area contributed by atoms with Crippen LogP contribution in [-0.2, 0) is 0 Å². The molecule has 2 amide bonds. The summed E-state index contributed by atoms with van der Waals surface area (Å²) in [5, 5.41) is 2.98. The summed E-state index contributed by atoms with van der Waals surface area (Å²) in [6.07, 6.45) is 3.57. The number of urea groups is 1. The van der Waals surface area contributed by atoms with Crippen molar-refractivity contribution in [1.82, 2.24) is 10.3 Å². The minimum atomic E-state index is -0.0993. The second kappa shape index (κ2) is 7.35. The van der Waals surface area contributed by atoms with Gasteiger partial charge in [0.25, 0.3) is 0 Å². The molecule has 1 fully saturated rings. The first kappa shape index (κ1) is 19.7. The topological polar surface area (TPSA) is 45.2 Å². The van der Waals surface area contributed by atoms with E-state index in [-0.39, 0.29) is 11.4 Å². The molecule has 0 aromatic carbocycles. The number of amides is 2. The van der Waals surface area contributed by atoms with Crippen LogP contribution < -0.4 is 10.2 Å². The molecular formula is C21H35N3O. The van der Waals surface area contributed by atoms with Crippen molar-refractivity contribution in [2.45, 2.75) is 66.7 Å². The predicted molar refractivity (Wildman–Crippen MR) is 105 cm³/mol. The number of hydrogen-bond acceptors (Lipinski definition) is 2. The Morgan fingerprint density at radius 1 is 1.36 bits per heavy atom. The number of rotatable bonds is 3. The molecule has 1 aliphatic carbocycles. The molecule has 1 heterocycles. The molecule has 0 saturated heterocycles. The SMILES string of the molecule is CC1CC(c2cccc(N(C)C(=O)NCC(C)(C)C)n2)CCC1(C)C. The lowest BCUT2D eigenvalue weighted by atomic mass is 9.65. The lowest BCUT2D eigenvalue weighted by Crippen LogP contribution is -2.41. The zero-order chi connectivity index (χ0) is 18.8.